The summed E-state index contributed by atoms with van der Waals surface area (Å²) in [5, 5.41) is 10.0. The summed E-state index contributed by atoms with van der Waals surface area (Å²) in [4.78, 5) is 20.8. The molecule has 0 aliphatic rings. The maximum absolute atomic E-state index is 6.60. The standard InChI is InChI=1S/C60H36N4O/c1-2-16-41(17-3-1)54-55-48-22-8-10-26-51(48)61-57(50(55)36-53-56(54)49-23-9-11-27-52(49)65-53)42-32-28-37(29-33-42)38-30-34-43(35-31-38)58-62-59(46-24-12-18-39-14-4-6-20-44(39)46)64-60(63-58)47-25-13-19-40-15-5-7-21-45(40)47/h1-36H. The second-order valence-electron chi connectivity index (χ2n) is 16.5. The monoisotopic (exact) mass is 828 g/mol. The molecular weight excluding hydrogens is 793 g/mol. The van der Waals surface area contributed by atoms with Crippen molar-refractivity contribution in [1.82, 2.24) is 19.9 Å². The zero-order valence-corrected chi connectivity index (χ0v) is 35.0. The van der Waals surface area contributed by atoms with E-state index in [-0.39, 0.29) is 0 Å². The predicted molar refractivity (Wildman–Crippen MR) is 268 cm³/mol. The number of aromatic nitrogens is 4. The second kappa shape index (κ2) is 14.9. The summed E-state index contributed by atoms with van der Waals surface area (Å²) in [7, 11) is 0. The van der Waals surface area contributed by atoms with Crippen molar-refractivity contribution < 1.29 is 4.42 Å². The molecule has 0 saturated carbocycles. The molecule has 13 rings (SSSR count). The van der Waals surface area contributed by atoms with Crippen LogP contribution in [0.4, 0.5) is 0 Å². The molecule has 0 saturated heterocycles. The zero-order valence-electron chi connectivity index (χ0n) is 35.0. The lowest BCUT2D eigenvalue weighted by Gasteiger charge is -2.16. The summed E-state index contributed by atoms with van der Waals surface area (Å²) in [6.07, 6.45) is 0. The third kappa shape index (κ3) is 6.16. The first-order valence-corrected chi connectivity index (χ1v) is 21.9. The minimum atomic E-state index is 0.621. The molecule has 0 radical (unpaired) electrons. The van der Waals surface area contributed by atoms with E-state index in [9.17, 15) is 0 Å². The number of furan rings is 1. The number of hydrogen-bond donors (Lipinski definition) is 0. The van der Waals surface area contributed by atoms with Crippen LogP contribution in [-0.2, 0) is 0 Å². The van der Waals surface area contributed by atoms with Crippen molar-refractivity contribution in [3.8, 4) is 67.7 Å². The first-order chi connectivity index (χ1) is 32.2. The van der Waals surface area contributed by atoms with Crippen LogP contribution in [0.25, 0.3) is 133 Å². The molecule has 0 atom stereocenters. The van der Waals surface area contributed by atoms with Gasteiger partial charge < -0.3 is 4.42 Å². The molecule has 5 nitrogen and oxygen atoms in total. The fourth-order valence-corrected chi connectivity index (χ4v) is 9.65. The quantitative estimate of drug-likeness (QED) is 0.156. The highest BCUT2D eigenvalue weighted by Crippen LogP contribution is 2.46. The molecule has 0 aliphatic heterocycles. The van der Waals surface area contributed by atoms with Gasteiger partial charge >= 0.3 is 0 Å². The summed E-state index contributed by atoms with van der Waals surface area (Å²) in [5.74, 6) is 1.90. The first-order valence-electron chi connectivity index (χ1n) is 21.9. The number of hydrogen-bond acceptors (Lipinski definition) is 5. The summed E-state index contributed by atoms with van der Waals surface area (Å²) in [6.45, 7) is 0. The normalized spacial score (nSPS) is 11.7. The highest BCUT2D eigenvalue weighted by molar-refractivity contribution is 6.27. The molecule has 3 aromatic heterocycles. The van der Waals surface area contributed by atoms with Gasteiger partial charge in [-0.1, -0.05) is 200 Å². The smallest absolute Gasteiger partial charge is 0.164 e. The van der Waals surface area contributed by atoms with Crippen molar-refractivity contribution in [1.29, 1.82) is 0 Å². The Bertz CT molecular complexity index is 3880. The molecular formula is C60H36N4O. The van der Waals surface area contributed by atoms with E-state index in [1.165, 1.54) is 5.39 Å². The van der Waals surface area contributed by atoms with Gasteiger partial charge in [0.15, 0.2) is 17.5 Å². The largest absolute Gasteiger partial charge is 0.456 e. The van der Waals surface area contributed by atoms with E-state index in [1.807, 2.05) is 6.07 Å². The molecule has 0 amide bonds. The SMILES string of the molecule is c1ccc(-c2c3c(cc4c(-c5ccc(-c6ccc(-c7nc(-c8cccc9ccccc89)nc(-c8cccc9ccccc89)n7)cc6)cc5)nc5ccccc5c24)oc2ccccc23)cc1. The van der Waals surface area contributed by atoms with Crippen molar-refractivity contribution in [2.24, 2.45) is 0 Å². The van der Waals surface area contributed by atoms with E-state index < -0.39 is 0 Å². The zero-order chi connectivity index (χ0) is 42.8. The lowest BCUT2D eigenvalue weighted by molar-refractivity contribution is 0.669. The lowest BCUT2D eigenvalue weighted by atomic mass is 9.89. The van der Waals surface area contributed by atoms with E-state index in [0.29, 0.717) is 17.5 Å². The average molecular weight is 829 g/mol. The third-order valence-electron chi connectivity index (χ3n) is 12.7. The molecule has 0 bridgehead atoms. The van der Waals surface area contributed by atoms with E-state index in [1.54, 1.807) is 0 Å². The van der Waals surface area contributed by atoms with Gasteiger partial charge in [-0.3, -0.25) is 0 Å². The van der Waals surface area contributed by atoms with Crippen LogP contribution in [0.2, 0.25) is 0 Å². The molecule has 65 heavy (non-hydrogen) atoms. The molecule has 3 heterocycles. The Morgan fingerprint density at radius 1 is 0.292 bits per heavy atom. The topological polar surface area (TPSA) is 64.7 Å². The molecule has 302 valence electrons. The van der Waals surface area contributed by atoms with E-state index >= 15 is 0 Å². The Kier molecular flexibility index (Phi) is 8.46. The fraction of sp³-hybridized carbons (Fsp3) is 0. The second-order valence-corrected chi connectivity index (χ2v) is 16.5. The third-order valence-corrected chi connectivity index (χ3v) is 12.7. The van der Waals surface area contributed by atoms with Crippen molar-refractivity contribution in [2.75, 3.05) is 0 Å². The lowest BCUT2D eigenvalue weighted by Crippen LogP contribution is -2.01. The molecule has 0 aliphatic carbocycles. The highest BCUT2D eigenvalue weighted by atomic mass is 16.3. The van der Waals surface area contributed by atoms with Crippen molar-refractivity contribution in [3.05, 3.63) is 218 Å². The molecule has 13 aromatic rings. The summed E-state index contributed by atoms with van der Waals surface area (Å²) < 4.78 is 6.60. The minimum absolute atomic E-state index is 0.621. The van der Waals surface area contributed by atoms with Crippen LogP contribution in [0.3, 0.4) is 0 Å². The van der Waals surface area contributed by atoms with Crippen molar-refractivity contribution in [2.45, 2.75) is 0 Å². The van der Waals surface area contributed by atoms with Gasteiger partial charge in [0.25, 0.3) is 0 Å². The number of fused-ring (bicyclic) bond motifs is 8. The van der Waals surface area contributed by atoms with Gasteiger partial charge in [0.1, 0.15) is 11.2 Å². The Labute approximate surface area is 374 Å². The fourth-order valence-electron chi connectivity index (χ4n) is 9.65. The number of pyridine rings is 1. The van der Waals surface area contributed by atoms with E-state index in [0.717, 1.165) is 110 Å². The van der Waals surface area contributed by atoms with Gasteiger partial charge in [0, 0.05) is 54.7 Å². The molecule has 10 aromatic carbocycles. The van der Waals surface area contributed by atoms with Crippen LogP contribution < -0.4 is 0 Å². The van der Waals surface area contributed by atoms with Gasteiger partial charge in [-0.05, 0) is 56.4 Å². The van der Waals surface area contributed by atoms with E-state index in [2.05, 4.69) is 212 Å². The van der Waals surface area contributed by atoms with Gasteiger partial charge in [-0.2, -0.15) is 0 Å². The van der Waals surface area contributed by atoms with Gasteiger partial charge in [0.2, 0.25) is 0 Å². The molecule has 0 spiro atoms. The van der Waals surface area contributed by atoms with Crippen LogP contribution in [0.15, 0.2) is 223 Å². The average Bonchev–Trinajstić information content (AvgIpc) is 3.76. The highest BCUT2D eigenvalue weighted by Gasteiger charge is 2.22. The number of benzene rings is 10. The minimum Gasteiger partial charge on any atom is -0.456 e. The van der Waals surface area contributed by atoms with Crippen LogP contribution >= 0.6 is 0 Å². The number of para-hydroxylation sites is 2. The van der Waals surface area contributed by atoms with E-state index in [4.69, 9.17) is 24.4 Å². The molecule has 5 heteroatoms. The number of rotatable bonds is 6. The summed E-state index contributed by atoms with van der Waals surface area (Å²) in [6, 6.07) is 76.3. The van der Waals surface area contributed by atoms with Gasteiger partial charge in [0.05, 0.1) is 11.2 Å². The summed E-state index contributed by atoms with van der Waals surface area (Å²) >= 11 is 0. The number of nitrogens with zero attached hydrogens (tertiary/aromatic N) is 4. The molecule has 0 unspecified atom stereocenters. The predicted octanol–water partition coefficient (Wildman–Crippen LogP) is 15.8. The van der Waals surface area contributed by atoms with Crippen LogP contribution in [0.1, 0.15) is 0 Å². The maximum Gasteiger partial charge on any atom is 0.164 e. The Hall–Kier alpha value is -8.80. The maximum atomic E-state index is 6.60. The first kappa shape index (κ1) is 36.8. The van der Waals surface area contributed by atoms with Crippen molar-refractivity contribution >= 4 is 65.2 Å². The van der Waals surface area contributed by atoms with Crippen molar-refractivity contribution in [3.63, 3.8) is 0 Å². The van der Waals surface area contributed by atoms with Crippen LogP contribution in [0.5, 0.6) is 0 Å². The Morgan fingerprint density at radius 3 is 1.46 bits per heavy atom. The molecule has 0 fully saturated rings. The Balaban J connectivity index is 0.920. The van der Waals surface area contributed by atoms with Gasteiger partial charge in [-0.25, -0.2) is 19.9 Å². The summed E-state index contributed by atoms with van der Waals surface area (Å²) in [5.41, 5.74) is 11.9. The Morgan fingerprint density at radius 2 is 0.800 bits per heavy atom. The molecule has 0 N–H and O–H groups in total. The van der Waals surface area contributed by atoms with Gasteiger partial charge in [-0.15, -0.1) is 0 Å². The van der Waals surface area contributed by atoms with Crippen LogP contribution in [0, 0.1) is 0 Å². The van der Waals surface area contributed by atoms with Crippen LogP contribution in [-0.4, -0.2) is 19.9 Å².